The van der Waals surface area contributed by atoms with Crippen LogP contribution in [0, 0.1) is 0 Å². The fraction of sp³-hybridized carbons (Fsp3) is 0.143. The highest BCUT2D eigenvalue weighted by molar-refractivity contribution is 5.90. The van der Waals surface area contributed by atoms with Gasteiger partial charge in [0.25, 0.3) is 0 Å². The predicted molar refractivity (Wildman–Crippen MR) is 68.0 cm³/mol. The molecule has 4 heteroatoms. The second-order valence-corrected chi connectivity index (χ2v) is 3.37. The van der Waals surface area contributed by atoms with E-state index in [9.17, 15) is 9.59 Å². The first kappa shape index (κ1) is 13.7. The van der Waals surface area contributed by atoms with Crippen molar-refractivity contribution >= 4 is 18.0 Å². The van der Waals surface area contributed by atoms with Crippen molar-refractivity contribution in [1.82, 2.24) is 0 Å². The van der Waals surface area contributed by atoms with E-state index in [-0.39, 0.29) is 6.61 Å². The monoisotopic (exact) mass is 246 g/mol. The Bertz CT molecular complexity index is 457. The SMILES string of the molecule is C=CCOC(=O)/C=C/c1ccc(C(=O)OC)cc1. The minimum Gasteiger partial charge on any atom is -0.465 e. The Hall–Kier alpha value is -2.36. The van der Waals surface area contributed by atoms with Crippen LogP contribution < -0.4 is 0 Å². The van der Waals surface area contributed by atoms with E-state index < -0.39 is 11.9 Å². The van der Waals surface area contributed by atoms with E-state index in [1.165, 1.54) is 19.3 Å². The van der Waals surface area contributed by atoms with Crippen LogP contribution in [0.5, 0.6) is 0 Å². The number of methoxy groups -OCH3 is 1. The van der Waals surface area contributed by atoms with Crippen molar-refractivity contribution in [3.63, 3.8) is 0 Å². The first-order chi connectivity index (χ1) is 8.67. The standard InChI is InChI=1S/C14H14O4/c1-3-10-18-13(15)9-6-11-4-7-12(8-5-11)14(16)17-2/h3-9H,1,10H2,2H3/b9-6+. The first-order valence-corrected chi connectivity index (χ1v) is 5.31. The molecule has 0 atom stereocenters. The molecule has 4 nitrogen and oxygen atoms in total. The lowest BCUT2D eigenvalue weighted by atomic mass is 10.1. The second-order valence-electron chi connectivity index (χ2n) is 3.37. The molecule has 0 radical (unpaired) electrons. The Morgan fingerprint density at radius 2 is 1.94 bits per heavy atom. The van der Waals surface area contributed by atoms with Gasteiger partial charge in [0.05, 0.1) is 12.7 Å². The molecule has 0 heterocycles. The maximum Gasteiger partial charge on any atom is 0.337 e. The molecule has 0 aliphatic rings. The zero-order valence-electron chi connectivity index (χ0n) is 10.1. The summed E-state index contributed by atoms with van der Waals surface area (Å²) in [6, 6.07) is 6.67. The van der Waals surface area contributed by atoms with Gasteiger partial charge in [-0.25, -0.2) is 9.59 Å². The van der Waals surface area contributed by atoms with Crippen molar-refractivity contribution in [2.45, 2.75) is 0 Å². The highest BCUT2D eigenvalue weighted by Crippen LogP contribution is 2.07. The molecule has 0 saturated carbocycles. The summed E-state index contributed by atoms with van der Waals surface area (Å²) < 4.78 is 9.35. The Morgan fingerprint density at radius 3 is 2.50 bits per heavy atom. The highest BCUT2D eigenvalue weighted by Gasteiger charge is 2.03. The van der Waals surface area contributed by atoms with Gasteiger partial charge in [-0.15, -0.1) is 0 Å². The van der Waals surface area contributed by atoms with Crippen LogP contribution in [0.4, 0.5) is 0 Å². The first-order valence-electron chi connectivity index (χ1n) is 5.31. The van der Waals surface area contributed by atoms with Crippen molar-refractivity contribution in [3.8, 4) is 0 Å². The predicted octanol–water partition coefficient (Wildman–Crippen LogP) is 2.22. The lowest BCUT2D eigenvalue weighted by Crippen LogP contribution is -2.00. The topological polar surface area (TPSA) is 52.6 Å². The molecule has 0 amide bonds. The van der Waals surface area contributed by atoms with Gasteiger partial charge >= 0.3 is 11.9 Å². The Kier molecular flexibility index (Phi) is 5.38. The molecule has 0 aromatic heterocycles. The van der Waals surface area contributed by atoms with E-state index in [1.807, 2.05) is 0 Å². The Morgan fingerprint density at radius 1 is 1.28 bits per heavy atom. The molecule has 0 bridgehead atoms. The average molecular weight is 246 g/mol. The average Bonchev–Trinajstić information content (AvgIpc) is 2.42. The van der Waals surface area contributed by atoms with Crippen LogP contribution in [-0.4, -0.2) is 25.7 Å². The Labute approximate surface area is 106 Å². The van der Waals surface area contributed by atoms with Crippen LogP contribution in [0.25, 0.3) is 6.08 Å². The number of carbonyl (C=O) groups is 2. The van der Waals surface area contributed by atoms with E-state index in [0.717, 1.165) is 5.56 Å². The van der Waals surface area contributed by atoms with Gasteiger partial charge in [-0.05, 0) is 23.8 Å². The normalized spacial score (nSPS) is 10.1. The van der Waals surface area contributed by atoms with E-state index in [2.05, 4.69) is 11.3 Å². The number of rotatable bonds is 5. The Balaban J connectivity index is 2.63. The lowest BCUT2D eigenvalue weighted by molar-refractivity contribution is -0.136. The van der Waals surface area contributed by atoms with Crippen molar-refractivity contribution in [1.29, 1.82) is 0 Å². The molecular formula is C14H14O4. The molecule has 18 heavy (non-hydrogen) atoms. The molecule has 0 aliphatic heterocycles. The third kappa shape index (κ3) is 4.25. The van der Waals surface area contributed by atoms with Crippen LogP contribution >= 0.6 is 0 Å². The third-order valence-corrected chi connectivity index (χ3v) is 2.09. The molecule has 1 aromatic carbocycles. The van der Waals surface area contributed by atoms with Gasteiger partial charge < -0.3 is 9.47 Å². The van der Waals surface area contributed by atoms with Crippen LogP contribution in [0.1, 0.15) is 15.9 Å². The quantitative estimate of drug-likeness (QED) is 0.454. The molecule has 0 aliphatic carbocycles. The number of benzene rings is 1. The fourth-order valence-corrected chi connectivity index (χ4v) is 1.20. The van der Waals surface area contributed by atoms with Crippen LogP contribution in [0.15, 0.2) is 43.0 Å². The van der Waals surface area contributed by atoms with Gasteiger partial charge in [0, 0.05) is 6.08 Å². The largest absolute Gasteiger partial charge is 0.465 e. The maximum atomic E-state index is 11.2. The zero-order chi connectivity index (χ0) is 13.4. The highest BCUT2D eigenvalue weighted by atomic mass is 16.5. The minimum atomic E-state index is -0.438. The minimum absolute atomic E-state index is 0.185. The van der Waals surface area contributed by atoms with Gasteiger partial charge in [0.2, 0.25) is 0 Å². The number of hydrogen-bond donors (Lipinski definition) is 0. The van der Waals surface area contributed by atoms with E-state index in [4.69, 9.17) is 4.74 Å². The molecule has 0 spiro atoms. The molecule has 1 aromatic rings. The van der Waals surface area contributed by atoms with Crippen molar-refractivity contribution in [2.24, 2.45) is 0 Å². The molecule has 0 N–H and O–H groups in total. The smallest absolute Gasteiger partial charge is 0.337 e. The third-order valence-electron chi connectivity index (χ3n) is 2.09. The zero-order valence-corrected chi connectivity index (χ0v) is 10.1. The summed E-state index contributed by atoms with van der Waals surface area (Å²) in [5, 5.41) is 0. The van der Waals surface area contributed by atoms with Gasteiger partial charge in [-0.1, -0.05) is 24.8 Å². The summed E-state index contributed by atoms with van der Waals surface area (Å²) >= 11 is 0. The van der Waals surface area contributed by atoms with Crippen LogP contribution in [0.3, 0.4) is 0 Å². The number of esters is 2. The number of carbonyl (C=O) groups excluding carboxylic acids is 2. The molecule has 94 valence electrons. The van der Waals surface area contributed by atoms with Crippen LogP contribution in [0.2, 0.25) is 0 Å². The molecular weight excluding hydrogens is 232 g/mol. The second kappa shape index (κ2) is 7.06. The summed E-state index contributed by atoms with van der Waals surface area (Å²) in [5.41, 5.74) is 1.25. The van der Waals surface area contributed by atoms with Crippen LogP contribution in [-0.2, 0) is 14.3 Å². The molecule has 0 saturated heterocycles. The molecule has 0 fully saturated rings. The lowest BCUT2D eigenvalue weighted by Gasteiger charge is -1.99. The summed E-state index contributed by atoms with van der Waals surface area (Å²) in [6.45, 7) is 3.63. The number of hydrogen-bond acceptors (Lipinski definition) is 4. The fourth-order valence-electron chi connectivity index (χ4n) is 1.20. The molecule has 1 rings (SSSR count). The van der Waals surface area contributed by atoms with Crippen molar-refractivity contribution in [3.05, 3.63) is 54.1 Å². The molecule has 0 unspecified atom stereocenters. The summed E-state index contributed by atoms with van der Waals surface area (Å²) in [6.07, 6.45) is 4.42. The number of ether oxygens (including phenoxy) is 2. The maximum absolute atomic E-state index is 11.2. The van der Waals surface area contributed by atoms with E-state index >= 15 is 0 Å². The summed E-state index contributed by atoms with van der Waals surface area (Å²) in [7, 11) is 1.33. The van der Waals surface area contributed by atoms with Gasteiger partial charge in [0.1, 0.15) is 6.61 Å². The van der Waals surface area contributed by atoms with Gasteiger partial charge in [0.15, 0.2) is 0 Å². The van der Waals surface area contributed by atoms with Crippen molar-refractivity contribution in [2.75, 3.05) is 13.7 Å². The van der Waals surface area contributed by atoms with Crippen molar-refractivity contribution < 1.29 is 19.1 Å². The summed E-state index contributed by atoms with van der Waals surface area (Å²) in [5.74, 6) is -0.831. The van der Waals surface area contributed by atoms with E-state index in [0.29, 0.717) is 5.56 Å². The van der Waals surface area contributed by atoms with Gasteiger partial charge in [-0.3, -0.25) is 0 Å². The summed E-state index contributed by atoms with van der Waals surface area (Å²) in [4.78, 5) is 22.4. The van der Waals surface area contributed by atoms with E-state index in [1.54, 1.807) is 30.3 Å². The van der Waals surface area contributed by atoms with Gasteiger partial charge in [-0.2, -0.15) is 0 Å².